The molecule has 0 aromatic carbocycles. The lowest BCUT2D eigenvalue weighted by Crippen LogP contribution is -3.14. The Morgan fingerprint density at radius 1 is 1.28 bits per heavy atom. The predicted octanol–water partition coefficient (Wildman–Crippen LogP) is 3.33. The van der Waals surface area contributed by atoms with Gasteiger partial charge in [0, 0.05) is 27.7 Å². The highest BCUT2D eigenvalue weighted by Gasteiger charge is 2.31. The van der Waals surface area contributed by atoms with Crippen LogP contribution in [0, 0.1) is 11.8 Å². The third kappa shape index (κ3) is 3.18. The summed E-state index contributed by atoms with van der Waals surface area (Å²) in [6, 6.07) is 4.29. The van der Waals surface area contributed by atoms with Gasteiger partial charge in [0.25, 0.3) is 5.56 Å². The molecule has 0 saturated carbocycles. The predicted molar refractivity (Wildman–Crippen MR) is 106 cm³/mol. The lowest BCUT2D eigenvalue weighted by atomic mass is 9.91. The Hall–Kier alpha value is -1.50. The fourth-order valence-corrected chi connectivity index (χ4v) is 5.93. The van der Waals surface area contributed by atoms with Gasteiger partial charge in [-0.25, -0.2) is 4.98 Å². The Kier molecular flexibility index (Phi) is 4.52. The molecule has 1 aliphatic heterocycles. The summed E-state index contributed by atoms with van der Waals surface area (Å²) in [6.45, 7) is 9.15. The van der Waals surface area contributed by atoms with Crippen LogP contribution in [0.3, 0.4) is 0 Å². The van der Waals surface area contributed by atoms with Crippen LogP contribution < -0.4 is 10.5 Å². The van der Waals surface area contributed by atoms with Gasteiger partial charge in [-0.05, 0) is 24.8 Å². The van der Waals surface area contributed by atoms with E-state index in [0.717, 1.165) is 51.4 Å². The zero-order valence-corrected chi connectivity index (χ0v) is 16.5. The van der Waals surface area contributed by atoms with E-state index < -0.39 is 0 Å². The van der Waals surface area contributed by atoms with Crippen molar-refractivity contribution in [2.75, 3.05) is 13.1 Å². The normalized spacial score (nSPS) is 25.3. The fourth-order valence-electron chi connectivity index (χ4n) is 4.16. The Morgan fingerprint density at radius 2 is 2.04 bits per heavy atom. The molecule has 1 aliphatic rings. The highest BCUT2D eigenvalue weighted by atomic mass is 32.1. The first-order valence-corrected chi connectivity index (χ1v) is 10.7. The number of thiophene rings is 2. The Labute approximate surface area is 155 Å². The zero-order valence-electron chi connectivity index (χ0n) is 14.8. The van der Waals surface area contributed by atoms with Crippen LogP contribution in [0.2, 0.25) is 0 Å². The number of fused-ring (bicyclic) bond motifs is 1. The fraction of sp³-hybridized carbons (Fsp3) is 0.474. The molecule has 2 N–H and O–H groups in total. The highest BCUT2D eigenvalue weighted by Crippen LogP contribution is 2.33. The Morgan fingerprint density at radius 3 is 2.72 bits per heavy atom. The monoisotopic (exact) mass is 374 g/mol. The number of nitrogens with one attached hydrogen (secondary N) is 2. The maximum absolute atomic E-state index is 12.8. The second kappa shape index (κ2) is 6.67. The van der Waals surface area contributed by atoms with E-state index in [1.807, 2.05) is 11.4 Å². The molecule has 0 radical (unpaired) electrons. The molecule has 1 saturated heterocycles. The SMILES string of the molecule is C[C@@H]1C[C@@H](C)C[NH+]([C@@H](C)c2nc3scc(-c4cccs4)c3c(=O)[nH]2)C1. The number of hydrogen-bond acceptors (Lipinski definition) is 4. The quantitative estimate of drug-likeness (QED) is 0.739. The van der Waals surface area contributed by atoms with Crippen LogP contribution in [0.1, 0.15) is 39.1 Å². The molecule has 0 bridgehead atoms. The van der Waals surface area contributed by atoms with E-state index in [9.17, 15) is 4.79 Å². The largest absolute Gasteiger partial charge is 0.326 e. The first-order chi connectivity index (χ1) is 12.0. The van der Waals surface area contributed by atoms with Crippen molar-refractivity contribution in [1.29, 1.82) is 0 Å². The minimum absolute atomic E-state index is 0.00555. The second-order valence-corrected chi connectivity index (χ2v) is 9.30. The lowest BCUT2D eigenvalue weighted by molar-refractivity contribution is -0.941. The Balaban J connectivity index is 1.71. The number of likely N-dealkylation sites (tertiary alicyclic amines) is 1. The zero-order chi connectivity index (χ0) is 17.6. The number of piperidine rings is 1. The maximum Gasteiger partial charge on any atom is 0.260 e. The van der Waals surface area contributed by atoms with Crippen molar-refractivity contribution in [2.24, 2.45) is 11.8 Å². The van der Waals surface area contributed by atoms with E-state index in [4.69, 9.17) is 4.98 Å². The molecule has 0 aliphatic carbocycles. The third-order valence-electron chi connectivity index (χ3n) is 5.30. The molecular formula is C19H24N3OS2+. The maximum atomic E-state index is 12.8. The molecule has 25 heavy (non-hydrogen) atoms. The van der Waals surface area contributed by atoms with E-state index in [0.29, 0.717) is 0 Å². The summed E-state index contributed by atoms with van der Waals surface area (Å²) in [5, 5.41) is 4.84. The van der Waals surface area contributed by atoms with Crippen LogP contribution >= 0.6 is 22.7 Å². The average molecular weight is 375 g/mol. The van der Waals surface area contributed by atoms with E-state index in [1.165, 1.54) is 11.3 Å². The highest BCUT2D eigenvalue weighted by molar-refractivity contribution is 7.18. The molecule has 4 rings (SSSR count). The van der Waals surface area contributed by atoms with Crippen LogP contribution in [0.4, 0.5) is 0 Å². The van der Waals surface area contributed by atoms with Crippen molar-refractivity contribution in [3.05, 3.63) is 39.1 Å². The van der Waals surface area contributed by atoms with Crippen LogP contribution in [-0.2, 0) is 0 Å². The third-order valence-corrected chi connectivity index (χ3v) is 7.07. The molecule has 0 amide bonds. The molecule has 3 atom stereocenters. The molecule has 0 spiro atoms. The second-order valence-electron chi connectivity index (χ2n) is 7.49. The number of nitrogens with zero attached hydrogens (tertiary/aromatic N) is 1. The first kappa shape index (κ1) is 16.9. The van der Waals surface area contributed by atoms with Gasteiger partial charge in [0.2, 0.25) is 0 Å². The lowest BCUT2D eigenvalue weighted by Gasteiger charge is -2.35. The van der Waals surface area contributed by atoms with E-state index in [2.05, 4.69) is 37.2 Å². The molecule has 1 fully saturated rings. The van der Waals surface area contributed by atoms with Gasteiger partial charge in [-0.1, -0.05) is 19.9 Å². The number of rotatable bonds is 3. The summed E-state index contributed by atoms with van der Waals surface area (Å²) >= 11 is 3.23. The number of aromatic amines is 1. The number of aromatic nitrogens is 2. The topological polar surface area (TPSA) is 50.2 Å². The van der Waals surface area contributed by atoms with Crippen molar-refractivity contribution >= 4 is 32.9 Å². The summed E-state index contributed by atoms with van der Waals surface area (Å²) in [5.41, 5.74) is 1.00. The van der Waals surface area contributed by atoms with Gasteiger partial charge in [0.15, 0.2) is 5.82 Å². The van der Waals surface area contributed by atoms with Crippen LogP contribution in [0.15, 0.2) is 27.7 Å². The Bertz CT molecular complexity index is 918. The van der Waals surface area contributed by atoms with Gasteiger partial charge in [-0.3, -0.25) is 4.79 Å². The van der Waals surface area contributed by atoms with E-state index in [-0.39, 0.29) is 11.6 Å². The van der Waals surface area contributed by atoms with Gasteiger partial charge in [0.05, 0.1) is 18.5 Å². The summed E-state index contributed by atoms with van der Waals surface area (Å²) in [4.78, 5) is 24.2. The first-order valence-electron chi connectivity index (χ1n) is 8.92. The van der Waals surface area contributed by atoms with Crippen molar-refractivity contribution in [3.63, 3.8) is 0 Å². The summed E-state index contributed by atoms with van der Waals surface area (Å²) in [7, 11) is 0. The van der Waals surface area contributed by atoms with Gasteiger partial charge < -0.3 is 9.88 Å². The molecule has 4 heterocycles. The molecule has 132 valence electrons. The van der Waals surface area contributed by atoms with E-state index in [1.54, 1.807) is 22.7 Å². The average Bonchev–Trinajstić information content (AvgIpc) is 3.22. The summed E-state index contributed by atoms with van der Waals surface area (Å²) in [5.74, 6) is 2.28. The smallest absolute Gasteiger partial charge is 0.260 e. The van der Waals surface area contributed by atoms with Gasteiger partial charge in [-0.15, -0.1) is 22.7 Å². The molecule has 0 unspecified atom stereocenters. The van der Waals surface area contributed by atoms with Crippen LogP contribution in [0.25, 0.3) is 20.7 Å². The van der Waals surface area contributed by atoms with Crippen LogP contribution in [-0.4, -0.2) is 23.1 Å². The molecule has 4 nitrogen and oxygen atoms in total. The van der Waals surface area contributed by atoms with Gasteiger partial charge in [0.1, 0.15) is 10.9 Å². The minimum atomic E-state index is -0.00555. The number of H-pyrrole nitrogens is 1. The van der Waals surface area contributed by atoms with Gasteiger partial charge in [-0.2, -0.15) is 0 Å². The number of hydrogen-bond donors (Lipinski definition) is 2. The van der Waals surface area contributed by atoms with Gasteiger partial charge >= 0.3 is 0 Å². The number of quaternary nitrogens is 1. The molecule has 3 aromatic rings. The van der Waals surface area contributed by atoms with E-state index >= 15 is 0 Å². The van der Waals surface area contributed by atoms with Crippen molar-refractivity contribution in [3.8, 4) is 10.4 Å². The summed E-state index contributed by atoms with van der Waals surface area (Å²) in [6.07, 6.45) is 1.30. The van der Waals surface area contributed by atoms with Crippen molar-refractivity contribution in [2.45, 2.75) is 33.2 Å². The van der Waals surface area contributed by atoms with Crippen molar-refractivity contribution in [1.82, 2.24) is 9.97 Å². The molecular weight excluding hydrogens is 350 g/mol. The summed E-state index contributed by atoms with van der Waals surface area (Å²) < 4.78 is 0. The molecule has 6 heteroatoms. The minimum Gasteiger partial charge on any atom is -0.326 e. The van der Waals surface area contributed by atoms with Crippen LogP contribution in [0.5, 0.6) is 0 Å². The standard InChI is InChI=1S/C19H23N3OS2/c1-11-7-12(2)9-22(8-11)13(3)17-20-18(23)16-14(10-25-19(16)21-17)15-5-4-6-24-15/h4-6,10-13H,7-9H2,1-3H3,(H,20,21,23)/p+1/t11-,12-,13+/m1/s1. The van der Waals surface area contributed by atoms with Crippen molar-refractivity contribution < 1.29 is 4.90 Å². The molecule has 3 aromatic heterocycles.